The molecule has 1 aromatic carbocycles. The second kappa shape index (κ2) is 5.28. The third kappa shape index (κ3) is 2.64. The number of aryl methyl sites for hydroxylation is 1. The Morgan fingerprint density at radius 1 is 1.40 bits per heavy atom. The lowest BCUT2D eigenvalue weighted by atomic mass is 9.70. The number of carboxylic acids is 1. The number of thioether (sulfide) groups is 1. The normalized spacial score (nSPS) is 25.2. The van der Waals surface area contributed by atoms with Gasteiger partial charge in [0.25, 0.3) is 0 Å². The molecular weight excluding hydrogens is 277 g/mol. The van der Waals surface area contributed by atoms with Gasteiger partial charge in [-0.15, -0.1) is 0 Å². The van der Waals surface area contributed by atoms with E-state index < -0.39 is 16.9 Å². The van der Waals surface area contributed by atoms with Gasteiger partial charge in [-0.3, -0.25) is 0 Å². The van der Waals surface area contributed by atoms with E-state index in [-0.39, 0.29) is 5.82 Å². The zero-order valence-electron chi connectivity index (χ0n) is 12.0. The SMILES string of the molecule is Cc1cc(F)cc(NC2(C(=O)O)CSCCC2(C)C)c1. The van der Waals surface area contributed by atoms with Crippen molar-refractivity contribution in [2.75, 3.05) is 16.8 Å². The van der Waals surface area contributed by atoms with Crippen LogP contribution in [0.5, 0.6) is 0 Å². The Morgan fingerprint density at radius 3 is 2.65 bits per heavy atom. The van der Waals surface area contributed by atoms with Crippen molar-refractivity contribution >= 4 is 23.4 Å². The smallest absolute Gasteiger partial charge is 0.330 e. The van der Waals surface area contributed by atoms with Crippen LogP contribution in [0.1, 0.15) is 25.8 Å². The largest absolute Gasteiger partial charge is 0.479 e. The Kier molecular flexibility index (Phi) is 4.00. The van der Waals surface area contributed by atoms with Gasteiger partial charge >= 0.3 is 5.97 Å². The van der Waals surface area contributed by atoms with Crippen LogP contribution < -0.4 is 5.32 Å². The van der Waals surface area contributed by atoms with Crippen LogP contribution in [-0.4, -0.2) is 28.1 Å². The molecule has 0 aliphatic carbocycles. The van der Waals surface area contributed by atoms with Crippen LogP contribution in [-0.2, 0) is 4.79 Å². The Balaban J connectivity index is 2.41. The lowest BCUT2D eigenvalue weighted by Gasteiger charge is -2.47. The molecule has 0 bridgehead atoms. The first-order valence-electron chi connectivity index (χ1n) is 6.63. The van der Waals surface area contributed by atoms with Crippen molar-refractivity contribution in [3.8, 4) is 0 Å². The van der Waals surface area contributed by atoms with Crippen molar-refractivity contribution in [2.45, 2.75) is 32.7 Å². The zero-order valence-corrected chi connectivity index (χ0v) is 12.8. The Bertz CT molecular complexity index is 512. The predicted octanol–water partition coefficient (Wildman–Crippen LogP) is 3.53. The highest BCUT2D eigenvalue weighted by Gasteiger charge is 2.53. The zero-order chi connectivity index (χ0) is 15.0. The maximum Gasteiger partial charge on any atom is 0.330 e. The molecule has 0 saturated carbocycles. The van der Waals surface area contributed by atoms with Crippen LogP contribution in [0, 0.1) is 18.2 Å². The number of hydrogen-bond acceptors (Lipinski definition) is 3. The standard InChI is InChI=1S/C15H20FNO2S/c1-10-6-11(16)8-12(7-10)17-15(13(18)19)9-20-5-4-14(15,2)3/h6-8,17H,4-5,9H2,1-3H3,(H,18,19). The van der Waals surface area contributed by atoms with Crippen LogP contribution in [0.4, 0.5) is 10.1 Å². The number of aliphatic carboxylic acids is 1. The molecule has 3 nitrogen and oxygen atoms in total. The van der Waals surface area contributed by atoms with Gasteiger partial charge in [0.1, 0.15) is 11.4 Å². The third-order valence-electron chi connectivity index (χ3n) is 4.11. The van der Waals surface area contributed by atoms with Crippen molar-refractivity contribution in [3.05, 3.63) is 29.6 Å². The minimum Gasteiger partial charge on any atom is -0.479 e. The van der Waals surface area contributed by atoms with E-state index in [0.29, 0.717) is 11.4 Å². The minimum atomic E-state index is -1.07. The number of hydrogen-bond donors (Lipinski definition) is 2. The molecule has 5 heteroatoms. The summed E-state index contributed by atoms with van der Waals surface area (Å²) in [6.07, 6.45) is 0.811. The number of halogens is 1. The molecular formula is C15H20FNO2S. The molecule has 0 radical (unpaired) electrons. The monoisotopic (exact) mass is 297 g/mol. The van der Waals surface area contributed by atoms with Gasteiger partial charge in [-0.05, 0) is 42.9 Å². The van der Waals surface area contributed by atoms with Gasteiger partial charge in [-0.2, -0.15) is 11.8 Å². The van der Waals surface area contributed by atoms with Crippen LogP contribution in [0.2, 0.25) is 0 Å². The highest BCUT2D eigenvalue weighted by Crippen LogP contribution is 2.44. The molecule has 1 aliphatic rings. The molecule has 1 aliphatic heterocycles. The first-order chi connectivity index (χ1) is 9.27. The lowest BCUT2D eigenvalue weighted by Crippen LogP contribution is -2.61. The highest BCUT2D eigenvalue weighted by atomic mass is 32.2. The van der Waals surface area contributed by atoms with Crippen molar-refractivity contribution in [2.24, 2.45) is 5.41 Å². The van der Waals surface area contributed by atoms with Gasteiger partial charge in [0.15, 0.2) is 0 Å². The maximum absolute atomic E-state index is 13.5. The van der Waals surface area contributed by atoms with E-state index in [0.717, 1.165) is 17.7 Å². The first kappa shape index (κ1) is 15.2. The molecule has 2 rings (SSSR count). The molecule has 1 atom stereocenters. The number of benzene rings is 1. The number of carboxylic acid groups (broad SMARTS) is 1. The summed E-state index contributed by atoms with van der Waals surface area (Å²) in [5.74, 6) is 0.197. The average molecular weight is 297 g/mol. The fourth-order valence-electron chi connectivity index (χ4n) is 2.63. The van der Waals surface area contributed by atoms with Gasteiger partial charge in [-0.1, -0.05) is 13.8 Å². The Morgan fingerprint density at radius 2 is 2.10 bits per heavy atom. The summed E-state index contributed by atoms with van der Waals surface area (Å²) in [5.41, 5.74) is -0.171. The molecule has 110 valence electrons. The second-order valence-electron chi connectivity index (χ2n) is 6.04. The average Bonchev–Trinajstić information content (AvgIpc) is 2.30. The molecule has 0 aromatic heterocycles. The van der Waals surface area contributed by atoms with E-state index in [4.69, 9.17) is 0 Å². The van der Waals surface area contributed by atoms with E-state index in [9.17, 15) is 14.3 Å². The van der Waals surface area contributed by atoms with Gasteiger partial charge in [0.05, 0.1) is 0 Å². The third-order valence-corrected chi connectivity index (χ3v) is 5.24. The van der Waals surface area contributed by atoms with Crippen LogP contribution in [0.3, 0.4) is 0 Å². The summed E-state index contributed by atoms with van der Waals surface area (Å²) in [7, 11) is 0. The maximum atomic E-state index is 13.5. The second-order valence-corrected chi connectivity index (χ2v) is 7.14. The summed E-state index contributed by atoms with van der Waals surface area (Å²) >= 11 is 1.62. The van der Waals surface area contributed by atoms with E-state index in [2.05, 4.69) is 5.32 Å². The van der Waals surface area contributed by atoms with E-state index in [1.807, 2.05) is 13.8 Å². The lowest BCUT2D eigenvalue weighted by molar-refractivity contribution is -0.145. The number of anilines is 1. The quantitative estimate of drug-likeness (QED) is 0.896. The molecule has 1 heterocycles. The highest BCUT2D eigenvalue weighted by molar-refractivity contribution is 7.99. The summed E-state index contributed by atoms with van der Waals surface area (Å²) in [6.45, 7) is 5.71. The number of carbonyl (C=O) groups is 1. The predicted molar refractivity (Wildman–Crippen MR) is 80.8 cm³/mol. The fourth-order valence-corrected chi connectivity index (χ4v) is 4.32. The molecule has 2 N–H and O–H groups in total. The van der Waals surface area contributed by atoms with Crippen LogP contribution in [0.25, 0.3) is 0 Å². The van der Waals surface area contributed by atoms with Crippen molar-refractivity contribution in [3.63, 3.8) is 0 Å². The summed E-state index contributed by atoms with van der Waals surface area (Å²) in [5, 5.41) is 12.9. The van der Waals surface area contributed by atoms with E-state index in [1.165, 1.54) is 12.1 Å². The molecule has 1 fully saturated rings. The van der Waals surface area contributed by atoms with Crippen molar-refractivity contribution < 1.29 is 14.3 Å². The van der Waals surface area contributed by atoms with Crippen molar-refractivity contribution in [1.82, 2.24) is 0 Å². The van der Waals surface area contributed by atoms with E-state index >= 15 is 0 Å². The molecule has 0 amide bonds. The first-order valence-corrected chi connectivity index (χ1v) is 7.79. The van der Waals surface area contributed by atoms with Gasteiger partial charge in [-0.25, -0.2) is 9.18 Å². The molecule has 20 heavy (non-hydrogen) atoms. The molecule has 1 unspecified atom stereocenters. The Labute approximate surface area is 123 Å². The summed E-state index contributed by atoms with van der Waals surface area (Å²) < 4.78 is 13.5. The van der Waals surface area contributed by atoms with Gasteiger partial charge < -0.3 is 10.4 Å². The number of rotatable bonds is 3. The van der Waals surface area contributed by atoms with Gasteiger partial charge in [0.2, 0.25) is 0 Å². The fraction of sp³-hybridized carbons (Fsp3) is 0.533. The van der Waals surface area contributed by atoms with Crippen LogP contribution >= 0.6 is 11.8 Å². The Hall–Kier alpha value is -1.23. The van der Waals surface area contributed by atoms with Crippen LogP contribution in [0.15, 0.2) is 18.2 Å². The molecule has 1 aromatic rings. The molecule has 1 saturated heterocycles. The minimum absolute atomic E-state index is 0.352. The van der Waals surface area contributed by atoms with Crippen molar-refractivity contribution in [1.29, 1.82) is 0 Å². The topological polar surface area (TPSA) is 49.3 Å². The molecule has 0 spiro atoms. The van der Waals surface area contributed by atoms with Gasteiger partial charge in [0, 0.05) is 16.9 Å². The number of nitrogens with one attached hydrogen (secondary N) is 1. The van der Waals surface area contributed by atoms with E-state index in [1.54, 1.807) is 24.8 Å². The summed E-state index contributed by atoms with van der Waals surface area (Å²) in [6, 6.07) is 4.57. The summed E-state index contributed by atoms with van der Waals surface area (Å²) in [4.78, 5) is 11.9.